The van der Waals surface area contributed by atoms with Crippen LogP contribution < -0.4 is 5.73 Å². The quantitative estimate of drug-likeness (QED) is 0.853. The lowest BCUT2D eigenvalue weighted by atomic mass is 9.88. The molecule has 0 amide bonds. The van der Waals surface area contributed by atoms with Gasteiger partial charge in [-0.2, -0.15) is 0 Å². The maximum Gasteiger partial charge on any atom is 0.142 e. The molecule has 2 unspecified atom stereocenters. The van der Waals surface area contributed by atoms with Crippen molar-refractivity contribution in [3.05, 3.63) is 34.6 Å². The van der Waals surface area contributed by atoms with Crippen molar-refractivity contribution >= 4 is 11.6 Å². The first kappa shape index (κ1) is 14.4. The lowest BCUT2D eigenvalue weighted by molar-refractivity contribution is 0.0993. The Kier molecular flexibility index (Phi) is 5.37. The third kappa shape index (κ3) is 3.66. The van der Waals surface area contributed by atoms with Gasteiger partial charge in [0.15, 0.2) is 0 Å². The average Bonchev–Trinajstić information content (AvgIpc) is 2.28. The van der Waals surface area contributed by atoms with Gasteiger partial charge in [-0.15, -0.1) is 0 Å². The molecule has 2 nitrogen and oxygen atoms in total. The SMILES string of the molecule is CC(C)CC(CN)C(O)c1cccc(F)c1Cl. The molecule has 0 aliphatic carbocycles. The zero-order valence-corrected chi connectivity index (χ0v) is 10.9. The molecule has 0 aliphatic heterocycles. The first-order valence-electron chi connectivity index (χ1n) is 5.79. The van der Waals surface area contributed by atoms with Crippen LogP contribution in [-0.2, 0) is 0 Å². The Morgan fingerprint density at radius 2 is 2.06 bits per heavy atom. The van der Waals surface area contributed by atoms with E-state index in [1.165, 1.54) is 6.07 Å². The van der Waals surface area contributed by atoms with E-state index in [9.17, 15) is 9.50 Å². The van der Waals surface area contributed by atoms with E-state index in [-0.39, 0.29) is 10.9 Å². The number of hydrogen-bond donors (Lipinski definition) is 2. The van der Waals surface area contributed by atoms with Gasteiger partial charge in [-0.1, -0.05) is 37.6 Å². The van der Waals surface area contributed by atoms with Gasteiger partial charge in [0.05, 0.1) is 11.1 Å². The molecule has 0 fully saturated rings. The zero-order valence-electron chi connectivity index (χ0n) is 10.2. The van der Waals surface area contributed by atoms with E-state index in [0.29, 0.717) is 18.0 Å². The maximum absolute atomic E-state index is 13.3. The molecule has 3 N–H and O–H groups in total. The van der Waals surface area contributed by atoms with Gasteiger partial charge in [0.1, 0.15) is 5.82 Å². The van der Waals surface area contributed by atoms with Crippen LogP contribution in [0.5, 0.6) is 0 Å². The first-order chi connectivity index (χ1) is 7.97. The fraction of sp³-hybridized carbons (Fsp3) is 0.538. The Morgan fingerprint density at radius 3 is 2.59 bits per heavy atom. The van der Waals surface area contributed by atoms with Crippen molar-refractivity contribution in [3.63, 3.8) is 0 Å². The molecule has 1 aromatic rings. The second-order valence-electron chi connectivity index (χ2n) is 4.71. The molecule has 0 aliphatic rings. The molecular weight excluding hydrogens is 241 g/mol. The molecule has 0 bridgehead atoms. The summed E-state index contributed by atoms with van der Waals surface area (Å²) >= 11 is 5.85. The predicted molar refractivity (Wildman–Crippen MR) is 68.4 cm³/mol. The molecule has 0 spiro atoms. The molecule has 0 saturated heterocycles. The zero-order chi connectivity index (χ0) is 13.0. The van der Waals surface area contributed by atoms with E-state index >= 15 is 0 Å². The summed E-state index contributed by atoms with van der Waals surface area (Å²) in [7, 11) is 0. The van der Waals surface area contributed by atoms with E-state index in [0.717, 1.165) is 6.42 Å². The number of benzene rings is 1. The van der Waals surface area contributed by atoms with Crippen molar-refractivity contribution in [1.82, 2.24) is 0 Å². The van der Waals surface area contributed by atoms with Gasteiger partial charge in [-0.25, -0.2) is 4.39 Å². The van der Waals surface area contributed by atoms with Crippen molar-refractivity contribution in [1.29, 1.82) is 0 Å². The minimum absolute atomic E-state index is 0.0118. The summed E-state index contributed by atoms with van der Waals surface area (Å²) < 4.78 is 13.3. The van der Waals surface area contributed by atoms with Gasteiger partial charge in [0, 0.05) is 11.5 Å². The van der Waals surface area contributed by atoms with Crippen LogP contribution in [0.4, 0.5) is 4.39 Å². The summed E-state index contributed by atoms with van der Waals surface area (Å²) in [5, 5.41) is 10.2. The van der Waals surface area contributed by atoms with Crippen molar-refractivity contribution in [2.75, 3.05) is 6.54 Å². The van der Waals surface area contributed by atoms with Crippen LogP contribution >= 0.6 is 11.6 Å². The molecular formula is C13H19ClFNO. The van der Waals surface area contributed by atoms with Crippen LogP contribution in [0, 0.1) is 17.7 Å². The number of nitrogens with two attached hydrogens (primary N) is 1. The van der Waals surface area contributed by atoms with E-state index in [4.69, 9.17) is 17.3 Å². The van der Waals surface area contributed by atoms with Crippen LogP contribution in [0.2, 0.25) is 5.02 Å². The van der Waals surface area contributed by atoms with E-state index in [2.05, 4.69) is 13.8 Å². The molecule has 1 rings (SSSR count). The third-order valence-corrected chi connectivity index (χ3v) is 3.22. The summed E-state index contributed by atoms with van der Waals surface area (Å²) in [6.07, 6.45) is -0.0320. The Morgan fingerprint density at radius 1 is 1.41 bits per heavy atom. The van der Waals surface area contributed by atoms with Crippen LogP contribution in [-0.4, -0.2) is 11.7 Å². The molecule has 2 atom stereocenters. The molecule has 0 radical (unpaired) electrons. The van der Waals surface area contributed by atoms with Gasteiger partial charge in [0.2, 0.25) is 0 Å². The van der Waals surface area contributed by atoms with Crippen molar-refractivity contribution < 1.29 is 9.50 Å². The van der Waals surface area contributed by atoms with Gasteiger partial charge >= 0.3 is 0 Å². The van der Waals surface area contributed by atoms with Gasteiger partial charge in [-0.05, 0) is 24.9 Å². The van der Waals surface area contributed by atoms with Gasteiger partial charge in [-0.3, -0.25) is 0 Å². The standard InChI is InChI=1S/C13H19ClFNO/c1-8(2)6-9(7-16)13(17)10-4-3-5-11(15)12(10)14/h3-5,8-9,13,17H,6-7,16H2,1-2H3. The second kappa shape index (κ2) is 6.34. The summed E-state index contributed by atoms with van der Waals surface area (Å²) in [5.41, 5.74) is 6.07. The van der Waals surface area contributed by atoms with E-state index in [1.54, 1.807) is 12.1 Å². The molecule has 1 aromatic carbocycles. The molecule has 0 saturated carbocycles. The number of halogens is 2. The first-order valence-corrected chi connectivity index (χ1v) is 6.17. The fourth-order valence-corrected chi connectivity index (χ4v) is 2.20. The largest absolute Gasteiger partial charge is 0.388 e. The average molecular weight is 260 g/mol. The summed E-state index contributed by atoms with van der Waals surface area (Å²) in [4.78, 5) is 0. The lowest BCUT2D eigenvalue weighted by Gasteiger charge is -2.24. The third-order valence-electron chi connectivity index (χ3n) is 2.82. The van der Waals surface area contributed by atoms with Gasteiger partial charge in [0.25, 0.3) is 0 Å². The van der Waals surface area contributed by atoms with Crippen molar-refractivity contribution in [3.8, 4) is 0 Å². The predicted octanol–water partition coefficient (Wildman–Crippen LogP) is 3.13. The number of aliphatic hydroxyl groups excluding tert-OH is 1. The van der Waals surface area contributed by atoms with Crippen LogP contribution in [0.1, 0.15) is 31.9 Å². The summed E-state index contributed by atoms with van der Waals surface area (Å²) in [6, 6.07) is 4.46. The minimum atomic E-state index is -0.814. The Balaban J connectivity index is 2.93. The number of rotatable bonds is 5. The maximum atomic E-state index is 13.3. The normalized spacial score (nSPS) is 15.0. The monoisotopic (exact) mass is 259 g/mol. The Bertz CT molecular complexity index is 370. The van der Waals surface area contributed by atoms with Gasteiger partial charge < -0.3 is 10.8 Å². The molecule has 0 heterocycles. The smallest absolute Gasteiger partial charge is 0.142 e. The highest BCUT2D eigenvalue weighted by Crippen LogP contribution is 2.32. The van der Waals surface area contributed by atoms with E-state index < -0.39 is 11.9 Å². The molecule has 4 heteroatoms. The van der Waals surface area contributed by atoms with Crippen LogP contribution in [0.25, 0.3) is 0 Å². The second-order valence-corrected chi connectivity index (χ2v) is 5.09. The Hall–Kier alpha value is -0.640. The highest BCUT2D eigenvalue weighted by atomic mass is 35.5. The summed E-state index contributed by atoms with van der Waals surface area (Å²) in [6.45, 7) is 4.47. The highest BCUT2D eigenvalue weighted by Gasteiger charge is 2.23. The van der Waals surface area contributed by atoms with Crippen LogP contribution in [0.3, 0.4) is 0 Å². The topological polar surface area (TPSA) is 46.2 Å². The summed E-state index contributed by atoms with van der Waals surface area (Å²) in [5.74, 6) is -0.191. The Labute approximate surface area is 107 Å². The van der Waals surface area contributed by atoms with Crippen molar-refractivity contribution in [2.45, 2.75) is 26.4 Å². The van der Waals surface area contributed by atoms with Crippen molar-refractivity contribution in [2.24, 2.45) is 17.6 Å². The lowest BCUT2D eigenvalue weighted by Crippen LogP contribution is -2.24. The van der Waals surface area contributed by atoms with Crippen LogP contribution in [0.15, 0.2) is 18.2 Å². The minimum Gasteiger partial charge on any atom is -0.388 e. The van der Waals surface area contributed by atoms with E-state index in [1.807, 2.05) is 0 Å². The molecule has 96 valence electrons. The molecule has 0 aromatic heterocycles. The fourth-order valence-electron chi connectivity index (χ4n) is 1.96. The number of hydrogen-bond acceptors (Lipinski definition) is 2. The highest BCUT2D eigenvalue weighted by molar-refractivity contribution is 6.31. The number of aliphatic hydroxyl groups is 1. The molecule has 17 heavy (non-hydrogen) atoms.